The lowest BCUT2D eigenvalue weighted by molar-refractivity contribution is -0.122. The van der Waals surface area contributed by atoms with Crippen molar-refractivity contribution in [3.8, 4) is 0 Å². The molecule has 0 spiro atoms. The molecular weight excluding hydrogens is 258 g/mol. The van der Waals surface area contributed by atoms with Gasteiger partial charge < -0.3 is 0 Å². The van der Waals surface area contributed by atoms with Gasteiger partial charge in [-0.3, -0.25) is 14.9 Å². The molecule has 0 atom stereocenters. The minimum absolute atomic E-state index is 0.319. The fraction of sp³-hybridized carbons (Fsp3) is 0. The lowest BCUT2D eigenvalue weighted by Crippen LogP contribution is -2.22. The molecule has 1 aliphatic heterocycles. The molecule has 0 saturated carbocycles. The number of thiazole rings is 2. The molecule has 0 aromatic carbocycles. The number of nitrogens with one attached hydrogen (secondary N) is 1. The second-order valence-corrected chi connectivity index (χ2v) is 5.00. The fourth-order valence-corrected chi connectivity index (χ4v) is 2.93. The van der Waals surface area contributed by atoms with Crippen molar-refractivity contribution in [2.75, 3.05) is 0 Å². The summed E-state index contributed by atoms with van der Waals surface area (Å²) in [4.78, 5) is 31.6. The van der Waals surface area contributed by atoms with Gasteiger partial charge in [0.25, 0.3) is 11.8 Å². The third kappa shape index (κ3) is 1.60. The summed E-state index contributed by atoms with van der Waals surface area (Å²) >= 11 is 2.64. The first-order valence-electron chi connectivity index (χ1n) is 4.67. The van der Waals surface area contributed by atoms with Crippen LogP contribution >= 0.6 is 22.7 Å². The third-order valence-electron chi connectivity index (χ3n) is 2.22. The monoisotopic (exact) mass is 263 g/mol. The van der Waals surface area contributed by atoms with Crippen molar-refractivity contribution in [3.05, 3.63) is 33.2 Å². The Labute approximate surface area is 104 Å². The van der Waals surface area contributed by atoms with E-state index in [9.17, 15) is 9.59 Å². The predicted octanol–water partition coefficient (Wildman–Crippen LogP) is 1.17. The van der Waals surface area contributed by atoms with Gasteiger partial charge in [0.05, 0.1) is 11.1 Å². The second kappa shape index (κ2) is 3.86. The average molecular weight is 263 g/mol. The highest BCUT2D eigenvalue weighted by molar-refractivity contribution is 7.12. The molecular formula is C10H5N3O2S2. The fourth-order valence-electron chi connectivity index (χ4n) is 1.56. The van der Waals surface area contributed by atoms with Crippen LogP contribution in [-0.2, 0) is 9.59 Å². The first-order chi connectivity index (χ1) is 8.27. The Balaban J connectivity index is 2.24. The van der Waals surface area contributed by atoms with Crippen LogP contribution in [-0.4, -0.2) is 21.8 Å². The van der Waals surface area contributed by atoms with Crippen molar-refractivity contribution in [1.29, 1.82) is 0 Å². The number of rotatable bonds is 2. The molecule has 0 saturated heterocycles. The second-order valence-electron chi connectivity index (χ2n) is 3.21. The summed E-state index contributed by atoms with van der Waals surface area (Å²) < 4.78 is 0. The number of hydrogen-bond acceptors (Lipinski definition) is 6. The highest BCUT2D eigenvalue weighted by atomic mass is 32.1. The van der Waals surface area contributed by atoms with E-state index in [0.717, 1.165) is 0 Å². The Bertz CT molecular complexity index is 560. The summed E-state index contributed by atoms with van der Waals surface area (Å²) in [7, 11) is 0. The molecule has 0 fully saturated rings. The zero-order valence-corrected chi connectivity index (χ0v) is 9.97. The summed E-state index contributed by atoms with van der Waals surface area (Å²) in [5, 5.41) is 6.88. The van der Waals surface area contributed by atoms with Gasteiger partial charge in [0.2, 0.25) is 0 Å². The first kappa shape index (κ1) is 10.3. The number of carbonyl (C=O) groups excluding carboxylic acids is 2. The van der Waals surface area contributed by atoms with E-state index < -0.39 is 11.8 Å². The van der Waals surface area contributed by atoms with Crippen molar-refractivity contribution in [1.82, 2.24) is 15.3 Å². The van der Waals surface area contributed by atoms with E-state index in [2.05, 4.69) is 15.3 Å². The largest absolute Gasteiger partial charge is 0.288 e. The predicted molar refractivity (Wildman–Crippen MR) is 64.2 cm³/mol. The van der Waals surface area contributed by atoms with Gasteiger partial charge in [0, 0.05) is 23.2 Å². The number of carbonyl (C=O) groups is 2. The molecule has 2 aromatic rings. The highest BCUT2D eigenvalue weighted by Crippen LogP contribution is 2.32. The summed E-state index contributed by atoms with van der Waals surface area (Å²) in [5.41, 5.74) is 0.639. The maximum atomic E-state index is 11.7. The van der Waals surface area contributed by atoms with Gasteiger partial charge in [-0.15, -0.1) is 22.7 Å². The normalized spacial score (nSPS) is 15.5. The van der Waals surface area contributed by atoms with Crippen molar-refractivity contribution < 1.29 is 9.59 Å². The van der Waals surface area contributed by atoms with Gasteiger partial charge in [-0.2, -0.15) is 0 Å². The molecule has 3 heterocycles. The SMILES string of the molecule is O=C1NC(=O)C(c2nccs2)=C1c1nccs1. The Morgan fingerprint density at radius 2 is 1.35 bits per heavy atom. The quantitative estimate of drug-likeness (QED) is 0.825. The molecule has 0 bridgehead atoms. The standard InChI is InChI=1S/C10H5N3O2S2/c14-7-5(9-11-1-3-16-9)6(8(15)13-7)10-12-2-4-17-10/h1-4H,(H,13,14,15). The van der Waals surface area contributed by atoms with Gasteiger partial charge in [0.1, 0.15) is 10.0 Å². The molecule has 1 N–H and O–H groups in total. The molecule has 0 aliphatic carbocycles. The minimum atomic E-state index is -0.407. The molecule has 1 aliphatic rings. The number of hydrogen-bond donors (Lipinski definition) is 1. The number of imide groups is 1. The van der Waals surface area contributed by atoms with E-state index >= 15 is 0 Å². The molecule has 7 heteroatoms. The van der Waals surface area contributed by atoms with Crippen molar-refractivity contribution >= 4 is 45.6 Å². The Kier molecular flexibility index (Phi) is 2.34. The van der Waals surface area contributed by atoms with Crippen LogP contribution in [0.3, 0.4) is 0 Å². The Morgan fingerprint density at radius 3 is 1.71 bits per heavy atom. The molecule has 3 rings (SSSR count). The van der Waals surface area contributed by atoms with Gasteiger partial charge in [0.15, 0.2) is 0 Å². The van der Waals surface area contributed by atoms with Crippen LogP contribution in [0.2, 0.25) is 0 Å². The maximum Gasteiger partial charge on any atom is 0.262 e. The smallest absolute Gasteiger partial charge is 0.262 e. The van der Waals surface area contributed by atoms with Crippen molar-refractivity contribution in [2.24, 2.45) is 0 Å². The van der Waals surface area contributed by atoms with Crippen LogP contribution in [0.25, 0.3) is 11.1 Å². The molecule has 17 heavy (non-hydrogen) atoms. The average Bonchev–Trinajstić information content (AvgIpc) is 2.98. The molecule has 5 nitrogen and oxygen atoms in total. The van der Waals surface area contributed by atoms with Crippen LogP contribution < -0.4 is 5.32 Å². The van der Waals surface area contributed by atoms with E-state index in [0.29, 0.717) is 21.2 Å². The van der Waals surface area contributed by atoms with E-state index in [4.69, 9.17) is 0 Å². The van der Waals surface area contributed by atoms with Crippen LogP contribution in [0.1, 0.15) is 10.0 Å². The van der Waals surface area contributed by atoms with Gasteiger partial charge in [-0.25, -0.2) is 9.97 Å². The number of nitrogens with zero attached hydrogens (tertiary/aromatic N) is 2. The van der Waals surface area contributed by atoms with Crippen LogP contribution in [0.15, 0.2) is 23.2 Å². The topological polar surface area (TPSA) is 72.0 Å². The van der Waals surface area contributed by atoms with E-state index in [1.165, 1.54) is 22.7 Å². The minimum Gasteiger partial charge on any atom is -0.288 e. The van der Waals surface area contributed by atoms with Crippen LogP contribution in [0.5, 0.6) is 0 Å². The molecule has 2 amide bonds. The van der Waals surface area contributed by atoms with Crippen LogP contribution in [0.4, 0.5) is 0 Å². The van der Waals surface area contributed by atoms with E-state index in [1.54, 1.807) is 23.2 Å². The number of amides is 2. The van der Waals surface area contributed by atoms with E-state index in [-0.39, 0.29) is 0 Å². The third-order valence-corrected chi connectivity index (χ3v) is 3.80. The maximum absolute atomic E-state index is 11.7. The molecule has 2 aromatic heterocycles. The summed E-state index contributed by atoms with van der Waals surface area (Å²) in [6.45, 7) is 0. The summed E-state index contributed by atoms with van der Waals surface area (Å²) in [6, 6.07) is 0. The number of aromatic nitrogens is 2. The lowest BCUT2D eigenvalue weighted by atomic mass is 10.1. The zero-order chi connectivity index (χ0) is 11.8. The van der Waals surface area contributed by atoms with Gasteiger partial charge in [-0.05, 0) is 0 Å². The van der Waals surface area contributed by atoms with E-state index in [1.807, 2.05) is 0 Å². The molecule has 0 unspecified atom stereocenters. The summed E-state index contributed by atoms with van der Waals surface area (Å²) in [6.07, 6.45) is 3.20. The Hall–Kier alpha value is -1.86. The van der Waals surface area contributed by atoms with Crippen molar-refractivity contribution in [3.63, 3.8) is 0 Å². The highest BCUT2D eigenvalue weighted by Gasteiger charge is 2.34. The lowest BCUT2D eigenvalue weighted by Gasteiger charge is -1.96. The molecule has 84 valence electrons. The summed E-state index contributed by atoms with van der Waals surface area (Å²) in [5.74, 6) is -0.815. The molecule has 0 radical (unpaired) electrons. The Morgan fingerprint density at radius 1 is 0.882 bits per heavy atom. The van der Waals surface area contributed by atoms with Crippen LogP contribution in [0, 0.1) is 0 Å². The zero-order valence-electron chi connectivity index (χ0n) is 8.34. The van der Waals surface area contributed by atoms with Gasteiger partial charge in [-0.1, -0.05) is 0 Å². The van der Waals surface area contributed by atoms with Crippen molar-refractivity contribution in [2.45, 2.75) is 0 Å². The van der Waals surface area contributed by atoms with Gasteiger partial charge >= 0.3 is 0 Å². The first-order valence-corrected chi connectivity index (χ1v) is 6.43.